The SMILES string of the molecule is CC(C)NN(NC(C)C)[PH](O)(O)OCCC#N. The van der Waals surface area contributed by atoms with Gasteiger partial charge in [-0.05, 0) is 0 Å². The van der Waals surface area contributed by atoms with Crippen molar-refractivity contribution in [3.63, 3.8) is 0 Å². The number of rotatable bonds is 8. The fraction of sp³-hybridized carbons (Fsp3) is 0.889. The predicted octanol–water partition coefficient (Wildman–Crippen LogP) is 0.439. The molecular formula is C9H23N4O3P. The summed E-state index contributed by atoms with van der Waals surface area (Å²) in [5, 5.41) is 8.37. The molecule has 0 unspecified atom stereocenters. The number of hydrogen-bond donors (Lipinski definition) is 4. The molecule has 0 aromatic heterocycles. The van der Waals surface area contributed by atoms with Crippen LogP contribution in [-0.4, -0.2) is 33.4 Å². The number of hydrazine groups is 2. The molecule has 0 aromatic rings. The Hall–Kier alpha value is -0.320. The van der Waals surface area contributed by atoms with E-state index in [-0.39, 0.29) is 25.1 Å². The number of nitrogens with zero attached hydrogens (tertiary/aromatic N) is 2. The van der Waals surface area contributed by atoms with Gasteiger partial charge in [0.2, 0.25) is 0 Å². The van der Waals surface area contributed by atoms with Crippen LogP contribution in [0.4, 0.5) is 0 Å². The van der Waals surface area contributed by atoms with Gasteiger partial charge >= 0.3 is 102 Å². The van der Waals surface area contributed by atoms with Gasteiger partial charge in [-0.1, -0.05) is 0 Å². The second kappa shape index (κ2) is 7.90. The summed E-state index contributed by atoms with van der Waals surface area (Å²) in [6.45, 7) is 7.47. The van der Waals surface area contributed by atoms with E-state index in [0.29, 0.717) is 0 Å². The van der Waals surface area contributed by atoms with Crippen molar-refractivity contribution in [2.45, 2.75) is 46.2 Å². The van der Waals surface area contributed by atoms with Crippen LogP contribution in [0.1, 0.15) is 34.1 Å². The maximum absolute atomic E-state index is 9.86. The van der Waals surface area contributed by atoms with Gasteiger partial charge in [0.15, 0.2) is 0 Å². The first-order valence-corrected chi connectivity index (χ1v) is 7.32. The Bertz CT molecular complexity index is 245. The molecule has 17 heavy (non-hydrogen) atoms. The second-order valence-electron chi connectivity index (χ2n) is 4.23. The van der Waals surface area contributed by atoms with Crippen molar-refractivity contribution >= 4 is 8.09 Å². The zero-order valence-corrected chi connectivity index (χ0v) is 11.8. The molecule has 0 heterocycles. The molecule has 0 spiro atoms. The van der Waals surface area contributed by atoms with E-state index in [2.05, 4.69) is 10.9 Å². The van der Waals surface area contributed by atoms with Crippen LogP contribution in [0.5, 0.6) is 0 Å². The molecular weight excluding hydrogens is 243 g/mol. The van der Waals surface area contributed by atoms with Crippen molar-refractivity contribution in [1.29, 1.82) is 5.26 Å². The molecule has 0 fully saturated rings. The topological polar surface area (TPSA) is 101 Å². The van der Waals surface area contributed by atoms with E-state index in [0.717, 1.165) is 4.89 Å². The molecule has 4 N–H and O–H groups in total. The molecule has 0 amide bonds. The van der Waals surface area contributed by atoms with Gasteiger partial charge in [-0.15, -0.1) is 0 Å². The standard InChI is InChI=1S/C9H23N4O3P/c1-8(2)11-13(12-9(3)4)17(14,15)16-7-5-6-10/h8-9,11-12,14-15,17H,5,7H2,1-4H3. The molecule has 0 radical (unpaired) electrons. The van der Waals surface area contributed by atoms with Crippen molar-refractivity contribution in [2.24, 2.45) is 0 Å². The van der Waals surface area contributed by atoms with Crippen LogP contribution < -0.4 is 10.9 Å². The molecule has 0 saturated heterocycles. The van der Waals surface area contributed by atoms with E-state index in [9.17, 15) is 9.79 Å². The van der Waals surface area contributed by atoms with Crippen molar-refractivity contribution in [3.8, 4) is 6.07 Å². The van der Waals surface area contributed by atoms with E-state index in [1.165, 1.54) is 0 Å². The van der Waals surface area contributed by atoms with E-state index < -0.39 is 8.09 Å². The average Bonchev–Trinajstić information content (AvgIpc) is 2.15. The summed E-state index contributed by atoms with van der Waals surface area (Å²) < 4.78 is 4.96. The van der Waals surface area contributed by atoms with Crippen LogP contribution in [-0.2, 0) is 4.52 Å². The van der Waals surface area contributed by atoms with Gasteiger partial charge in [0, 0.05) is 0 Å². The molecule has 0 aliphatic carbocycles. The van der Waals surface area contributed by atoms with E-state index in [4.69, 9.17) is 9.79 Å². The fourth-order valence-electron chi connectivity index (χ4n) is 1.02. The third-order valence-corrected chi connectivity index (χ3v) is 3.01. The summed E-state index contributed by atoms with van der Waals surface area (Å²) >= 11 is 0. The van der Waals surface area contributed by atoms with Crippen molar-refractivity contribution in [3.05, 3.63) is 0 Å². The van der Waals surface area contributed by atoms with E-state index in [1.54, 1.807) is 0 Å². The van der Waals surface area contributed by atoms with Gasteiger partial charge in [-0.2, -0.15) is 0 Å². The van der Waals surface area contributed by atoms with Gasteiger partial charge in [0.1, 0.15) is 0 Å². The average molecular weight is 266 g/mol. The Morgan fingerprint density at radius 1 is 1.24 bits per heavy atom. The summed E-state index contributed by atoms with van der Waals surface area (Å²) in [4.78, 5) is 20.8. The van der Waals surface area contributed by atoms with Crippen molar-refractivity contribution in [1.82, 2.24) is 15.7 Å². The van der Waals surface area contributed by atoms with Crippen LogP contribution in [0.15, 0.2) is 0 Å². The van der Waals surface area contributed by atoms with E-state index in [1.807, 2.05) is 33.8 Å². The fourth-order valence-corrected chi connectivity index (χ4v) is 2.38. The monoisotopic (exact) mass is 266 g/mol. The van der Waals surface area contributed by atoms with Crippen LogP contribution in [0.25, 0.3) is 0 Å². The molecule has 0 atom stereocenters. The number of nitrogens with one attached hydrogen (secondary N) is 2. The normalized spacial score (nSPS) is 13.4. The van der Waals surface area contributed by atoms with Gasteiger partial charge in [-0.3, -0.25) is 0 Å². The third kappa shape index (κ3) is 7.58. The summed E-state index contributed by atoms with van der Waals surface area (Å²) in [5.74, 6) is 0. The molecule has 0 saturated carbocycles. The maximum atomic E-state index is 9.86. The summed E-state index contributed by atoms with van der Waals surface area (Å²) in [6, 6.07) is 1.92. The quantitative estimate of drug-likeness (QED) is 0.287. The molecule has 0 rings (SSSR count). The predicted molar refractivity (Wildman–Crippen MR) is 67.3 cm³/mol. The first-order valence-electron chi connectivity index (χ1n) is 5.57. The molecule has 0 bridgehead atoms. The second-order valence-corrected chi connectivity index (χ2v) is 6.12. The van der Waals surface area contributed by atoms with Crippen LogP contribution in [0, 0.1) is 11.3 Å². The van der Waals surface area contributed by atoms with Crippen LogP contribution in [0.3, 0.4) is 0 Å². The first kappa shape index (κ1) is 16.7. The summed E-state index contributed by atoms with van der Waals surface area (Å²) in [7, 11) is -4.04. The molecule has 102 valence electrons. The first-order chi connectivity index (χ1) is 7.79. The van der Waals surface area contributed by atoms with Crippen molar-refractivity contribution in [2.75, 3.05) is 6.61 Å². The van der Waals surface area contributed by atoms with Gasteiger partial charge < -0.3 is 0 Å². The van der Waals surface area contributed by atoms with Gasteiger partial charge in [0.05, 0.1) is 0 Å². The summed E-state index contributed by atoms with van der Waals surface area (Å²) in [5.41, 5.74) is 5.71. The minimum atomic E-state index is -4.04. The Labute approximate surface area is 103 Å². The molecule has 8 heteroatoms. The third-order valence-electron chi connectivity index (χ3n) is 1.58. The van der Waals surface area contributed by atoms with Gasteiger partial charge in [0.25, 0.3) is 0 Å². The zero-order valence-electron chi connectivity index (χ0n) is 10.8. The van der Waals surface area contributed by atoms with Gasteiger partial charge in [-0.25, -0.2) is 0 Å². The molecule has 0 aromatic carbocycles. The molecule has 0 aliphatic rings. The number of hydrogen-bond acceptors (Lipinski definition) is 7. The van der Waals surface area contributed by atoms with Crippen molar-refractivity contribution < 1.29 is 14.3 Å². The summed E-state index contributed by atoms with van der Waals surface area (Å²) in [6.07, 6.45) is 0.118. The molecule has 7 nitrogen and oxygen atoms in total. The zero-order chi connectivity index (χ0) is 13.5. The van der Waals surface area contributed by atoms with Crippen LogP contribution in [0.2, 0.25) is 0 Å². The van der Waals surface area contributed by atoms with Crippen LogP contribution >= 0.6 is 8.09 Å². The molecule has 0 aliphatic heterocycles. The number of nitriles is 1. The minimum absolute atomic E-state index is 0.00816. The Morgan fingerprint density at radius 3 is 2.06 bits per heavy atom. The van der Waals surface area contributed by atoms with E-state index >= 15 is 0 Å². The Balaban J connectivity index is 4.46. The Morgan fingerprint density at radius 2 is 1.71 bits per heavy atom. The Kier molecular flexibility index (Phi) is 7.75.